The number of benzene rings is 1. The maximum Gasteiger partial charge on any atom is 0.408 e. The molecule has 2 N–H and O–H groups in total. The van der Waals surface area contributed by atoms with Gasteiger partial charge in [-0.2, -0.15) is 0 Å². The zero-order chi connectivity index (χ0) is 16.8. The van der Waals surface area contributed by atoms with Crippen molar-refractivity contribution in [1.29, 1.82) is 0 Å². The number of imidazole rings is 1. The minimum atomic E-state index is -0.455. The maximum atomic E-state index is 11.9. The molecule has 124 valence electrons. The lowest BCUT2D eigenvalue weighted by Gasteiger charge is -2.12. The van der Waals surface area contributed by atoms with Gasteiger partial charge < -0.3 is 15.0 Å². The molecule has 24 heavy (non-hydrogen) atoms. The van der Waals surface area contributed by atoms with Gasteiger partial charge >= 0.3 is 6.09 Å². The summed E-state index contributed by atoms with van der Waals surface area (Å²) in [5.74, 6) is 0.720. The molecule has 0 saturated carbocycles. The fourth-order valence-corrected chi connectivity index (χ4v) is 2.56. The van der Waals surface area contributed by atoms with Crippen molar-refractivity contribution in [3.8, 4) is 0 Å². The Morgan fingerprint density at radius 3 is 2.96 bits per heavy atom. The average molecular weight is 323 g/mol. The van der Waals surface area contributed by atoms with Crippen LogP contribution in [-0.4, -0.2) is 16.1 Å². The second-order valence-corrected chi connectivity index (χ2v) is 5.77. The Kier molecular flexibility index (Phi) is 5.11. The number of nitrogens with zero attached hydrogens (tertiary/aromatic N) is 1. The van der Waals surface area contributed by atoms with E-state index >= 15 is 0 Å². The van der Waals surface area contributed by atoms with E-state index in [0.29, 0.717) is 0 Å². The third kappa shape index (κ3) is 4.13. The molecular weight excluding hydrogens is 302 g/mol. The molecule has 3 rings (SSSR count). The molecule has 0 bridgehead atoms. The number of ether oxygens (including phenoxy) is 1. The highest BCUT2D eigenvalue weighted by Crippen LogP contribution is 2.23. The van der Waals surface area contributed by atoms with Crippen molar-refractivity contribution in [2.75, 3.05) is 0 Å². The van der Waals surface area contributed by atoms with E-state index in [1.807, 2.05) is 43.5 Å². The van der Waals surface area contributed by atoms with Gasteiger partial charge in [-0.1, -0.05) is 48.6 Å². The third-order valence-corrected chi connectivity index (χ3v) is 3.91. The number of H-pyrrole nitrogens is 1. The van der Waals surface area contributed by atoms with Gasteiger partial charge in [-0.3, -0.25) is 0 Å². The Morgan fingerprint density at radius 2 is 2.21 bits per heavy atom. The van der Waals surface area contributed by atoms with Gasteiger partial charge in [0.25, 0.3) is 0 Å². The first-order valence-corrected chi connectivity index (χ1v) is 8.10. The van der Waals surface area contributed by atoms with Crippen molar-refractivity contribution >= 4 is 11.7 Å². The van der Waals surface area contributed by atoms with E-state index < -0.39 is 6.09 Å². The van der Waals surface area contributed by atoms with Crippen LogP contribution in [0.2, 0.25) is 0 Å². The van der Waals surface area contributed by atoms with Gasteiger partial charge in [0.15, 0.2) is 0 Å². The summed E-state index contributed by atoms with van der Waals surface area (Å²) in [5.41, 5.74) is 3.19. The lowest BCUT2D eigenvalue weighted by molar-refractivity contribution is 0.136. The summed E-state index contributed by atoms with van der Waals surface area (Å²) in [4.78, 5) is 19.6. The van der Waals surface area contributed by atoms with E-state index in [1.54, 1.807) is 0 Å². The van der Waals surface area contributed by atoms with Gasteiger partial charge in [-0.25, -0.2) is 9.78 Å². The summed E-state index contributed by atoms with van der Waals surface area (Å²) in [6.07, 6.45) is 9.69. The van der Waals surface area contributed by atoms with Gasteiger partial charge in [0.2, 0.25) is 0 Å². The molecule has 1 aromatic carbocycles. The molecule has 1 atom stereocenters. The van der Waals surface area contributed by atoms with Crippen molar-refractivity contribution in [2.45, 2.75) is 32.4 Å². The topological polar surface area (TPSA) is 67.0 Å². The Hall–Kier alpha value is -2.82. The molecule has 0 saturated heterocycles. The van der Waals surface area contributed by atoms with Crippen molar-refractivity contribution in [1.82, 2.24) is 15.3 Å². The second kappa shape index (κ2) is 7.64. The number of amides is 1. The number of hydrogen-bond donors (Lipinski definition) is 2. The fourth-order valence-electron chi connectivity index (χ4n) is 2.56. The van der Waals surface area contributed by atoms with Gasteiger partial charge in [0.05, 0.1) is 17.9 Å². The first-order valence-electron chi connectivity index (χ1n) is 8.10. The number of aromatic nitrogens is 2. The van der Waals surface area contributed by atoms with Crippen LogP contribution in [-0.2, 0) is 11.3 Å². The highest BCUT2D eigenvalue weighted by Gasteiger charge is 2.15. The van der Waals surface area contributed by atoms with Crippen LogP contribution in [0.3, 0.4) is 0 Å². The highest BCUT2D eigenvalue weighted by molar-refractivity contribution is 5.68. The fraction of sp³-hybridized carbons (Fsp3) is 0.263. The summed E-state index contributed by atoms with van der Waals surface area (Å²) in [5, 5.41) is 2.79. The number of hydrogen-bond acceptors (Lipinski definition) is 3. The predicted octanol–water partition coefficient (Wildman–Crippen LogP) is 4.13. The van der Waals surface area contributed by atoms with Crippen molar-refractivity contribution in [3.63, 3.8) is 0 Å². The number of alkyl carbamates (subject to hydrolysis) is 1. The largest absolute Gasteiger partial charge is 0.445 e. The van der Waals surface area contributed by atoms with E-state index in [9.17, 15) is 4.79 Å². The molecule has 1 heterocycles. The van der Waals surface area contributed by atoms with Crippen molar-refractivity contribution in [2.24, 2.45) is 0 Å². The van der Waals surface area contributed by atoms with Gasteiger partial charge in [-0.05, 0) is 30.9 Å². The van der Waals surface area contributed by atoms with E-state index in [0.717, 1.165) is 29.9 Å². The summed E-state index contributed by atoms with van der Waals surface area (Å²) < 4.78 is 5.23. The highest BCUT2D eigenvalue weighted by atomic mass is 16.5. The van der Waals surface area contributed by atoms with E-state index in [4.69, 9.17) is 4.74 Å². The zero-order valence-corrected chi connectivity index (χ0v) is 13.7. The number of rotatable bonds is 5. The molecule has 0 fully saturated rings. The predicted molar refractivity (Wildman–Crippen MR) is 93.1 cm³/mol. The lowest BCUT2D eigenvalue weighted by atomic mass is 10.0. The smallest absolute Gasteiger partial charge is 0.408 e. The van der Waals surface area contributed by atoms with Crippen LogP contribution in [0, 0.1) is 0 Å². The summed E-state index contributed by atoms with van der Waals surface area (Å²) in [6.45, 7) is 2.13. The maximum absolute atomic E-state index is 11.9. The molecule has 1 aliphatic carbocycles. The second-order valence-electron chi connectivity index (χ2n) is 5.77. The Balaban J connectivity index is 1.54. The molecule has 1 amide bonds. The van der Waals surface area contributed by atoms with Gasteiger partial charge in [0, 0.05) is 0 Å². The minimum Gasteiger partial charge on any atom is -0.445 e. The Morgan fingerprint density at radius 1 is 1.38 bits per heavy atom. The Bertz CT molecular complexity index is 747. The average Bonchev–Trinajstić information content (AvgIpc) is 3.12. The SMILES string of the molecule is C[C@H](NC(=O)OCc1ccccc1)c1ncc(C2=CC=CCC2)[nH]1. The van der Waals surface area contributed by atoms with Crippen LogP contribution in [0.25, 0.3) is 5.57 Å². The van der Waals surface area contributed by atoms with Crippen LogP contribution >= 0.6 is 0 Å². The molecule has 5 nitrogen and oxygen atoms in total. The molecule has 0 spiro atoms. The number of nitrogens with one attached hydrogen (secondary N) is 2. The van der Waals surface area contributed by atoms with Crippen LogP contribution < -0.4 is 5.32 Å². The molecule has 0 unspecified atom stereocenters. The number of aromatic amines is 1. The van der Waals surface area contributed by atoms with E-state index in [2.05, 4.69) is 33.5 Å². The molecule has 5 heteroatoms. The normalized spacial score (nSPS) is 14.8. The van der Waals surface area contributed by atoms with Crippen LogP contribution in [0.1, 0.15) is 42.9 Å². The quantitative estimate of drug-likeness (QED) is 0.869. The molecule has 0 aliphatic heterocycles. The number of allylic oxidation sites excluding steroid dienone is 4. The first-order chi connectivity index (χ1) is 11.7. The van der Waals surface area contributed by atoms with Crippen LogP contribution in [0.15, 0.2) is 54.8 Å². The number of carbonyl (C=O) groups excluding carboxylic acids is 1. The summed E-state index contributed by atoms with van der Waals surface area (Å²) in [7, 11) is 0. The van der Waals surface area contributed by atoms with E-state index in [1.165, 1.54) is 5.57 Å². The summed E-state index contributed by atoms with van der Waals surface area (Å²) in [6, 6.07) is 9.35. The molecule has 1 aromatic heterocycles. The lowest BCUT2D eigenvalue weighted by Crippen LogP contribution is -2.28. The molecule has 0 radical (unpaired) electrons. The first kappa shape index (κ1) is 16.1. The standard InChI is InChI=1S/C19H21N3O2/c1-14(21-19(23)24-13-15-8-4-2-5-9-15)18-20-12-17(22-18)16-10-6-3-7-11-16/h2-6,8-10,12,14H,7,11,13H2,1H3,(H,20,22)(H,21,23)/t14-/m0/s1. The minimum absolute atomic E-state index is 0.248. The van der Waals surface area contributed by atoms with Crippen LogP contribution in [0.5, 0.6) is 0 Å². The van der Waals surface area contributed by atoms with Crippen molar-refractivity contribution < 1.29 is 9.53 Å². The van der Waals surface area contributed by atoms with Crippen LogP contribution in [0.4, 0.5) is 4.79 Å². The molecular formula is C19H21N3O2. The van der Waals surface area contributed by atoms with E-state index in [-0.39, 0.29) is 12.6 Å². The van der Waals surface area contributed by atoms with Crippen molar-refractivity contribution in [3.05, 3.63) is 71.8 Å². The number of carbonyl (C=O) groups is 1. The monoisotopic (exact) mass is 323 g/mol. The summed E-state index contributed by atoms with van der Waals surface area (Å²) >= 11 is 0. The van der Waals surface area contributed by atoms with Gasteiger partial charge in [-0.15, -0.1) is 0 Å². The zero-order valence-electron chi connectivity index (χ0n) is 13.7. The molecule has 1 aliphatic rings. The molecule has 2 aromatic rings. The Labute approximate surface area is 141 Å². The van der Waals surface area contributed by atoms with Gasteiger partial charge in [0.1, 0.15) is 12.4 Å². The third-order valence-electron chi connectivity index (χ3n) is 3.91.